The van der Waals surface area contributed by atoms with Crippen molar-refractivity contribution in [2.24, 2.45) is 0 Å². The number of hydrogen-bond donors (Lipinski definition) is 0. The van der Waals surface area contributed by atoms with Gasteiger partial charge in [-0.3, -0.25) is 4.68 Å². The number of rotatable bonds is 3. The Morgan fingerprint density at radius 3 is 3.00 bits per heavy atom. The van der Waals surface area contributed by atoms with Crippen LogP contribution < -0.4 is 0 Å². The van der Waals surface area contributed by atoms with E-state index in [1.54, 1.807) is 6.08 Å². The van der Waals surface area contributed by atoms with Crippen LogP contribution in [0.3, 0.4) is 0 Å². The van der Waals surface area contributed by atoms with Crippen molar-refractivity contribution in [3.05, 3.63) is 37.2 Å². The topological polar surface area (TPSA) is 17.8 Å². The van der Waals surface area contributed by atoms with Crippen LogP contribution in [0.15, 0.2) is 31.6 Å². The van der Waals surface area contributed by atoms with Gasteiger partial charge in [0.1, 0.15) is 0 Å². The van der Waals surface area contributed by atoms with Crippen molar-refractivity contribution < 1.29 is 0 Å². The van der Waals surface area contributed by atoms with Gasteiger partial charge in [0.2, 0.25) is 0 Å². The van der Waals surface area contributed by atoms with Crippen LogP contribution in [0.2, 0.25) is 0 Å². The molecule has 0 amide bonds. The van der Waals surface area contributed by atoms with Crippen molar-refractivity contribution in [1.82, 2.24) is 9.78 Å². The zero-order valence-electron chi connectivity index (χ0n) is 7.03. The third kappa shape index (κ3) is 1.20. The number of hydrogen-bond acceptors (Lipinski definition) is 1. The van der Waals surface area contributed by atoms with Crippen molar-refractivity contribution in [3.63, 3.8) is 0 Å². The highest BCUT2D eigenvalue weighted by atomic mass is 15.3. The molecule has 0 atom stereocenters. The van der Waals surface area contributed by atoms with Crippen LogP contribution in [0.5, 0.6) is 0 Å². The number of allylic oxidation sites excluding steroid dienone is 2. The molecule has 2 heteroatoms. The van der Waals surface area contributed by atoms with Gasteiger partial charge < -0.3 is 0 Å². The van der Waals surface area contributed by atoms with Crippen molar-refractivity contribution in [2.45, 2.75) is 18.9 Å². The highest BCUT2D eigenvalue weighted by Crippen LogP contribution is 2.34. The summed E-state index contributed by atoms with van der Waals surface area (Å²) in [6, 6.07) is 0.649. The van der Waals surface area contributed by atoms with Crippen LogP contribution in [0, 0.1) is 0 Å². The maximum absolute atomic E-state index is 4.26. The Morgan fingerprint density at radius 2 is 2.42 bits per heavy atom. The lowest BCUT2D eigenvalue weighted by molar-refractivity contribution is 0.641. The molecule has 2 nitrogen and oxygen atoms in total. The molecule has 0 radical (unpaired) electrons. The van der Waals surface area contributed by atoms with E-state index in [4.69, 9.17) is 0 Å². The lowest BCUT2D eigenvalue weighted by Crippen LogP contribution is -1.91. The Balaban J connectivity index is 2.22. The fraction of sp³-hybridized carbons (Fsp3) is 0.300. The van der Waals surface area contributed by atoms with E-state index in [2.05, 4.69) is 18.3 Å². The molecule has 62 valence electrons. The highest BCUT2D eigenvalue weighted by molar-refractivity contribution is 5.70. The molecule has 0 spiro atoms. The number of nitrogens with zero attached hydrogens (tertiary/aromatic N) is 2. The second-order valence-electron chi connectivity index (χ2n) is 3.17. The van der Waals surface area contributed by atoms with Gasteiger partial charge in [0.25, 0.3) is 0 Å². The van der Waals surface area contributed by atoms with Crippen LogP contribution in [-0.4, -0.2) is 9.78 Å². The van der Waals surface area contributed by atoms with E-state index in [-0.39, 0.29) is 0 Å². The smallest absolute Gasteiger partial charge is 0.0568 e. The van der Waals surface area contributed by atoms with E-state index in [0.717, 1.165) is 11.1 Å². The average Bonchev–Trinajstić information content (AvgIpc) is 2.83. The predicted molar refractivity (Wildman–Crippen MR) is 49.7 cm³/mol. The molecule has 1 fully saturated rings. The standard InChI is InChI=1S/C10H12N2/c1-3-8(2)9-6-11-12(7-9)10-4-5-10/h3,6-7,10H,1-2,4-5H2. The van der Waals surface area contributed by atoms with Gasteiger partial charge in [-0.25, -0.2) is 0 Å². The van der Waals surface area contributed by atoms with Gasteiger partial charge in [-0.05, 0) is 18.4 Å². The van der Waals surface area contributed by atoms with Crippen LogP contribution in [0.25, 0.3) is 5.57 Å². The molecule has 1 aromatic rings. The molecule has 0 unspecified atom stereocenters. The molecule has 1 aromatic heterocycles. The highest BCUT2D eigenvalue weighted by Gasteiger charge is 2.24. The molecule has 0 N–H and O–H groups in total. The molecule has 0 saturated heterocycles. The molecule has 1 saturated carbocycles. The lowest BCUT2D eigenvalue weighted by Gasteiger charge is -1.94. The third-order valence-electron chi connectivity index (χ3n) is 2.14. The largest absolute Gasteiger partial charge is 0.269 e. The van der Waals surface area contributed by atoms with E-state index in [9.17, 15) is 0 Å². The van der Waals surface area contributed by atoms with Crippen LogP contribution in [0.1, 0.15) is 24.4 Å². The van der Waals surface area contributed by atoms with E-state index >= 15 is 0 Å². The first-order valence-corrected chi connectivity index (χ1v) is 4.17. The molecular formula is C10H12N2. The molecular weight excluding hydrogens is 148 g/mol. The molecule has 1 heterocycles. The summed E-state index contributed by atoms with van der Waals surface area (Å²) in [5.74, 6) is 0. The number of aromatic nitrogens is 2. The minimum Gasteiger partial charge on any atom is -0.269 e. The van der Waals surface area contributed by atoms with Crippen molar-refractivity contribution in [1.29, 1.82) is 0 Å². The van der Waals surface area contributed by atoms with Gasteiger partial charge in [0.15, 0.2) is 0 Å². The first kappa shape index (κ1) is 7.35. The minimum absolute atomic E-state index is 0.649. The Bertz CT molecular complexity index is 318. The summed E-state index contributed by atoms with van der Waals surface area (Å²) in [7, 11) is 0. The van der Waals surface area contributed by atoms with Crippen LogP contribution in [0.4, 0.5) is 0 Å². The summed E-state index contributed by atoms with van der Waals surface area (Å²) >= 11 is 0. The maximum atomic E-state index is 4.26. The fourth-order valence-corrected chi connectivity index (χ4v) is 1.16. The van der Waals surface area contributed by atoms with Gasteiger partial charge in [-0.15, -0.1) is 0 Å². The molecule has 2 rings (SSSR count). The third-order valence-corrected chi connectivity index (χ3v) is 2.14. The molecule has 0 aromatic carbocycles. The monoisotopic (exact) mass is 160 g/mol. The molecule has 1 aliphatic rings. The molecule has 12 heavy (non-hydrogen) atoms. The maximum Gasteiger partial charge on any atom is 0.0568 e. The zero-order valence-corrected chi connectivity index (χ0v) is 7.03. The van der Waals surface area contributed by atoms with E-state index in [0.29, 0.717) is 6.04 Å². The van der Waals surface area contributed by atoms with E-state index in [1.807, 2.05) is 17.1 Å². The predicted octanol–water partition coefficient (Wildman–Crippen LogP) is 2.42. The zero-order chi connectivity index (χ0) is 8.55. The van der Waals surface area contributed by atoms with E-state index < -0.39 is 0 Å². The van der Waals surface area contributed by atoms with Gasteiger partial charge in [-0.2, -0.15) is 5.10 Å². The normalized spacial score (nSPS) is 16.0. The summed E-state index contributed by atoms with van der Waals surface area (Å²) in [6.07, 6.45) is 8.18. The minimum atomic E-state index is 0.649. The second kappa shape index (κ2) is 2.63. The Morgan fingerprint density at radius 1 is 1.67 bits per heavy atom. The Hall–Kier alpha value is -1.31. The summed E-state index contributed by atoms with van der Waals surface area (Å²) in [4.78, 5) is 0. The molecule has 0 bridgehead atoms. The fourth-order valence-electron chi connectivity index (χ4n) is 1.16. The molecule has 1 aliphatic carbocycles. The van der Waals surface area contributed by atoms with Gasteiger partial charge in [0, 0.05) is 11.8 Å². The average molecular weight is 160 g/mol. The first-order valence-electron chi connectivity index (χ1n) is 4.17. The van der Waals surface area contributed by atoms with Crippen LogP contribution in [-0.2, 0) is 0 Å². The van der Waals surface area contributed by atoms with E-state index in [1.165, 1.54) is 12.8 Å². The molecule has 0 aliphatic heterocycles. The SMILES string of the molecule is C=CC(=C)c1cnn(C2CC2)c1. The first-order chi connectivity index (χ1) is 5.81. The lowest BCUT2D eigenvalue weighted by atomic mass is 10.2. The van der Waals surface area contributed by atoms with Gasteiger partial charge >= 0.3 is 0 Å². The quantitative estimate of drug-likeness (QED) is 0.621. The van der Waals surface area contributed by atoms with Gasteiger partial charge in [0.05, 0.1) is 12.2 Å². The Labute approximate surface area is 72.2 Å². The van der Waals surface area contributed by atoms with Gasteiger partial charge in [-0.1, -0.05) is 19.2 Å². The summed E-state index contributed by atoms with van der Waals surface area (Å²) in [5.41, 5.74) is 2.03. The summed E-state index contributed by atoms with van der Waals surface area (Å²) < 4.78 is 2.02. The van der Waals surface area contributed by atoms with Crippen molar-refractivity contribution >= 4 is 5.57 Å². The second-order valence-corrected chi connectivity index (χ2v) is 3.17. The summed E-state index contributed by atoms with van der Waals surface area (Å²) in [5, 5.41) is 4.26. The van der Waals surface area contributed by atoms with Crippen molar-refractivity contribution in [2.75, 3.05) is 0 Å². The van der Waals surface area contributed by atoms with Crippen molar-refractivity contribution in [3.8, 4) is 0 Å². The Kier molecular flexibility index (Phi) is 1.61. The summed E-state index contributed by atoms with van der Waals surface area (Å²) in [6.45, 7) is 7.54. The van der Waals surface area contributed by atoms with Crippen LogP contribution >= 0.6 is 0 Å².